The third-order valence-electron chi connectivity index (χ3n) is 5.41. The number of ether oxygens (including phenoxy) is 2. The van der Waals surface area contributed by atoms with Crippen molar-refractivity contribution in [2.24, 2.45) is 0 Å². The first-order valence-corrected chi connectivity index (χ1v) is 10.5. The molecule has 6 heteroatoms. The largest absolute Gasteiger partial charge is 0.454 e. The molecule has 0 radical (unpaired) electrons. The van der Waals surface area contributed by atoms with E-state index in [9.17, 15) is 0 Å². The Hall–Kier alpha value is -2.05. The summed E-state index contributed by atoms with van der Waals surface area (Å²) in [5.41, 5.74) is 4.61. The third-order valence-corrected chi connectivity index (χ3v) is 6.17. The molecule has 2 aliphatic rings. The van der Waals surface area contributed by atoms with Crippen molar-refractivity contribution in [2.75, 3.05) is 12.1 Å². The third kappa shape index (κ3) is 4.03. The smallest absolute Gasteiger partial charge is 0.231 e. The number of hydrogen-bond acceptors (Lipinski definition) is 5. The van der Waals surface area contributed by atoms with Gasteiger partial charge in [-0.2, -0.15) is 0 Å². The van der Waals surface area contributed by atoms with Gasteiger partial charge >= 0.3 is 0 Å². The number of nitrogens with one attached hydrogen (secondary N) is 1. The monoisotopic (exact) mass is 458 g/mol. The van der Waals surface area contributed by atoms with Crippen LogP contribution in [0.1, 0.15) is 43.6 Å². The number of rotatable bonds is 4. The minimum absolute atomic E-state index is 0. The van der Waals surface area contributed by atoms with E-state index in [1.165, 1.54) is 43.2 Å². The van der Waals surface area contributed by atoms with Crippen LogP contribution in [0, 0.1) is 0 Å². The molecule has 0 atom stereocenters. The van der Waals surface area contributed by atoms with Gasteiger partial charge in [0.25, 0.3) is 0 Å². The lowest BCUT2D eigenvalue weighted by Gasteiger charge is -2.22. The number of fused-ring (bicyclic) bond motifs is 1. The Morgan fingerprint density at radius 1 is 0.929 bits per heavy atom. The Bertz CT molecular complexity index is 936. The molecule has 1 saturated carbocycles. The molecule has 28 heavy (non-hydrogen) atoms. The highest BCUT2D eigenvalue weighted by molar-refractivity contribution is 8.93. The number of halogens is 1. The van der Waals surface area contributed by atoms with E-state index in [-0.39, 0.29) is 23.8 Å². The topological polar surface area (TPSA) is 43.4 Å². The van der Waals surface area contributed by atoms with E-state index in [1.54, 1.807) is 11.3 Å². The summed E-state index contributed by atoms with van der Waals surface area (Å²) in [4.78, 5) is 4.75. The van der Waals surface area contributed by atoms with Crippen LogP contribution in [-0.2, 0) is 0 Å². The van der Waals surface area contributed by atoms with Crippen LogP contribution in [0.15, 0.2) is 47.8 Å². The van der Waals surface area contributed by atoms with Crippen molar-refractivity contribution in [3.8, 4) is 22.8 Å². The number of thiazole rings is 1. The minimum atomic E-state index is 0. The maximum Gasteiger partial charge on any atom is 0.231 e. The summed E-state index contributed by atoms with van der Waals surface area (Å²) in [6.07, 6.45) is 6.80. The van der Waals surface area contributed by atoms with Gasteiger partial charge in [-0.3, -0.25) is 0 Å². The first-order chi connectivity index (χ1) is 13.3. The number of hydrogen-bond donors (Lipinski definition) is 1. The summed E-state index contributed by atoms with van der Waals surface area (Å²) < 4.78 is 10.8. The number of anilines is 2. The standard InChI is InChI=1S/C22H22N2O2S.BrH/c1-2-4-15(5-3-1)16-6-8-17(9-7-16)19-13-27-22(24-19)23-18-10-11-20-21(12-18)26-14-25-20;/h6-13,15H,1-5,14H2,(H,23,24);1H. The summed E-state index contributed by atoms with van der Waals surface area (Å²) in [7, 11) is 0. The molecule has 1 N–H and O–H groups in total. The fourth-order valence-corrected chi connectivity index (χ4v) is 4.66. The van der Waals surface area contributed by atoms with Crippen LogP contribution >= 0.6 is 28.3 Å². The van der Waals surface area contributed by atoms with Gasteiger partial charge in [0.2, 0.25) is 6.79 Å². The molecule has 0 bridgehead atoms. The van der Waals surface area contributed by atoms with E-state index in [0.717, 1.165) is 33.9 Å². The van der Waals surface area contributed by atoms with Gasteiger partial charge in [-0.25, -0.2) is 4.98 Å². The molecule has 3 aromatic rings. The molecular formula is C22H23BrN2O2S. The quantitative estimate of drug-likeness (QED) is 0.461. The maximum absolute atomic E-state index is 5.43. The van der Waals surface area contributed by atoms with Crippen molar-refractivity contribution >= 4 is 39.1 Å². The van der Waals surface area contributed by atoms with E-state index < -0.39 is 0 Å². The fourth-order valence-electron chi connectivity index (χ4n) is 3.92. The summed E-state index contributed by atoms with van der Waals surface area (Å²) >= 11 is 1.61. The lowest BCUT2D eigenvalue weighted by Crippen LogP contribution is -2.04. The molecule has 2 heterocycles. The first-order valence-electron chi connectivity index (χ1n) is 9.58. The van der Waals surface area contributed by atoms with Gasteiger partial charge in [0, 0.05) is 22.7 Å². The molecule has 0 unspecified atom stereocenters. The SMILES string of the molecule is Br.c1cc2c(cc1Nc1nc(-c3ccc(C4CCCCC4)cc3)cs1)OCO2. The molecule has 1 aliphatic carbocycles. The molecule has 4 nitrogen and oxygen atoms in total. The molecule has 0 amide bonds. The van der Waals surface area contributed by atoms with E-state index >= 15 is 0 Å². The van der Waals surface area contributed by atoms with Crippen molar-refractivity contribution in [1.82, 2.24) is 4.98 Å². The van der Waals surface area contributed by atoms with Gasteiger partial charge in [0.05, 0.1) is 5.69 Å². The zero-order valence-corrected chi connectivity index (χ0v) is 18.0. The highest BCUT2D eigenvalue weighted by Gasteiger charge is 2.16. The van der Waals surface area contributed by atoms with Crippen LogP contribution in [0.25, 0.3) is 11.3 Å². The average Bonchev–Trinajstić information content (AvgIpc) is 3.38. The summed E-state index contributed by atoms with van der Waals surface area (Å²) in [5.74, 6) is 2.31. The van der Waals surface area contributed by atoms with Gasteiger partial charge in [-0.15, -0.1) is 28.3 Å². The van der Waals surface area contributed by atoms with Crippen LogP contribution in [-0.4, -0.2) is 11.8 Å². The molecule has 146 valence electrons. The summed E-state index contributed by atoms with van der Waals surface area (Å²) in [6.45, 7) is 0.289. The second-order valence-electron chi connectivity index (χ2n) is 7.19. The van der Waals surface area contributed by atoms with Crippen LogP contribution < -0.4 is 14.8 Å². The number of benzene rings is 2. The second-order valence-corrected chi connectivity index (χ2v) is 8.05. The van der Waals surface area contributed by atoms with Gasteiger partial charge in [0.15, 0.2) is 16.6 Å². The molecule has 2 aromatic carbocycles. The molecule has 0 saturated heterocycles. The van der Waals surface area contributed by atoms with Gasteiger partial charge in [0.1, 0.15) is 0 Å². The molecular weight excluding hydrogens is 436 g/mol. The highest BCUT2D eigenvalue weighted by Crippen LogP contribution is 2.37. The Balaban J connectivity index is 0.00000192. The first kappa shape index (κ1) is 19.3. The summed E-state index contributed by atoms with van der Waals surface area (Å²) in [5, 5.41) is 6.34. The highest BCUT2D eigenvalue weighted by atomic mass is 79.9. The fraction of sp³-hybridized carbons (Fsp3) is 0.318. The van der Waals surface area contributed by atoms with Crippen LogP contribution in [0.5, 0.6) is 11.5 Å². The van der Waals surface area contributed by atoms with Crippen LogP contribution in [0.4, 0.5) is 10.8 Å². The maximum atomic E-state index is 5.43. The van der Waals surface area contributed by atoms with Crippen molar-refractivity contribution < 1.29 is 9.47 Å². The lowest BCUT2D eigenvalue weighted by molar-refractivity contribution is 0.174. The molecule has 1 fully saturated rings. The zero-order chi connectivity index (χ0) is 18.1. The van der Waals surface area contributed by atoms with E-state index in [1.807, 2.05) is 18.2 Å². The number of nitrogens with zero attached hydrogens (tertiary/aromatic N) is 1. The predicted octanol–water partition coefficient (Wildman–Crippen LogP) is 6.91. The lowest BCUT2D eigenvalue weighted by atomic mass is 9.84. The molecule has 1 aromatic heterocycles. The van der Waals surface area contributed by atoms with Crippen molar-refractivity contribution in [1.29, 1.82) is 0 Å². The predicted molar refractivity (Wildman–Crippen MR) is 120 cm³/mol. The van der Waals surface area contributed by atoms with Crippen LogP contribution in [0.2, 0.25) is 0 Å². The Morgan fingerprint density at radius 3 is 2.54 bits per heavy atom. The van der Waals surface area contributed by atoms with Crippen molar-refractivity contribution in [3.63, 3.8) is 0 Å². The normalized spacial score (nSPS) is 15.9. The van der Waals surface area contributed by atoms with E-state index in [0.29, 0.717) is 0 Å². The van der Waals surface area contributed by atoms with Gasteiger partial charge in [-0.05, 0) is 36.5 Å². The van der Waals surface area contributed by atoms with Gasteiger partial charge in [-0.1, -0.05) is 43.5 Å². The Morgan fingerprint density at radius 2 is 1.71 bits per heavy atom. The van der Waals surface area contributed by atoms with Crippen molar-refractivity contribution in [2.45, 2.75) is 38.0 Å². The average molecular weight is 459 g/mol. The molecule has 5 rings (SSSR count). The molecule has 1 aliphatic heterocycles. The van der Waals surface area contributed by atoms with Crippen molar-refractivity contribution in [3.05, 3.63) is 53.4 Å². The van der Waals surface area contributed by atoms with Crippen LogP contribution in [0.3, 0.4) is 0 Å². The minimum Gasteiger partial charge on any atom is -0.454 e. The zero-order valence-electron chi connectivity index (χ0n) is 15.5. The summed E-state index contributed by atoms with van der Waals surface area (Å²) in [6, 6.07) is 14.8. The molecule has 0 spiro atoms. The van der Waals surface area contributed by atoms with Gasteiger partial charge < -0.3 is 14.8 Å². The van der Waals surface area contributed by atoms with E-state index in [4.69, 9.17) is 14.5 Å². The number of aromatic nitrogens is 1. The second kappa shape index (κ2) is 8.53. The Labute approximate surface area is 179 Å². The Kier molecular flexibility index (Phi) is 5.87. The van der Waals surface area contributed by atoms with E-state index in [2.05, 4.69) is 35.0 Å².